The Balaban J connectivity index is 2.25. The summed E-state index contributed by atoms with van der Waals surface area (Å²) in [6.07, 6.45) is 1.53. The summed E-state index contributed by atoms with van der Waals surface area (Å²) in [7, 11) is 0. The second-order valence-electron chi connectivity index (χ2n) is 4.18. The fraction of sp³-hybridized carbons (Fsp3) is 0.133. The van der Waals surface area contributed by atoms with Crippen molar-refractivity contribution in [3.63, 3.8) is 0 Å². The minimum absolute atomic E-state index is 0.437. The normalized spacial score (nSPS) is 11.1. The number of hydrogen-bond donors (Lipinski definition) is 0. The van der Waals surface area contributed by atoms with Crippen molar-refractivity contribution >= 4 is 64.1 Å². The van der Waals surface area contributed by atoms with Crippen LogP contribution in [0.25, 0.3) is 0 Å². The fourth-order valence-electron chi connectivity index (χ4n) is 1.62. The van der Waals surface area contributed by atoms with Gasteiger partial charge in [0.15, 0.2) is 0 Å². The SMILES string of the molecule is CCON(C=Nc1ccc(Cl)c(Cl)c1)c1ccc(Cl)c(Cl)c1. The number of halogens is 4. The largest absolute Gasteiger partial charge is 0.268 e. The highest BCUT2D eigenvalue weighted by atomic mass is 35.5. The molecule has 2 aromatic carbocycles. The summed E-state index contributed by atoms with van der Waals surface area (Å²) in [6, 6.07) is 10.3. The Morgan fingerprint density at radius 2 is 1.59 bits per heavy atom. The van der Waals surface area contributed by atoms with Crippen molar-refractivity contribution in [3.8, 4) is 0 Å². The van der Waals surface area contributed by atoms with Crippen LogP contribution < -0.4 is 5.06 Å². The lowest BCUT2D eigenvalue weighted by atomic mass is 10.3. The zero-order valence-electron chi connectivity index (χ0n) is 11.6. The number of aliphatic imine (C=N–C) groups is 1. The van der Waals surface area contributed by atoms with Crippen molar-refractivity contribution in [2.45, 2.75) is 6.92 Å². The van der Waals surface area contributed by atoms with E-state index in [-0.39, 0.29) is 0 Å². The van der Waals surface area contributed by atoms with E-state index >= 15 is 0 Å². The molecule has 0 unspecified atom stereocenters. The van der Waals surface area contributed by atoms with E-state index in [0.717, 1.165) is 0 Å². The molecule has 0 aromatic heterocycles. The molecule has 22 heavy (non-hydrogen) atoms. The maximum Gasteiger partial charge on any atom is 0.122 e. The number of nitrogens with zero attached hydrogens (tertiary/aromatic N) is 2. The van der Waals surface area contributed by atoms with Gasteiger partial charge in [0.1, 0.15) is 6.34 Å². The zero-order valence-corrected chi connectivity index (χ0v) is 14.6. The molecule has 0 radical (unpaired) electrons. The molecule has 0 aliphatic carbocycles. The number of rotatable bonds is 5. The number of hydrogen-bond acceptors (Lipinski definition) is 2. The highest BCUT2D eigenvalue weighted by molar-refractivity contribution is 6.42. The Bertz CT molecular complexity index is 691. The van der Waals surface area contributed by atoms with E-state index in [0.29, 0.717) is 38.1 Å². The van der Waals surface area contributed by atoms with Gasteiger partial charge in [0.25, 0.3) is 0 Å². The van der Waals surface area contributed by atoms with Crippen molar-refractivity contribution in [2.24, 2.45) is 4.99 Å². The van der Waals surface area contributed by atoms with E-state index in [9.17, 15) is 0 Å². The van der Waals surface area contributed by atoms with E-state index in [1.54, 1.807) is 36.4 Å². The molecule has 0 atom stereocenters. The highest BCUT2D eigenvalue weighted by Crippen LogP contribution is 2.28. The third-order valence-electron chi connectivity index (χ3n) is 2.64. The topological polar surface area (TPSA) is 24.8 Å². The highest BCUT2D eigenvalue weighted by Gasteiger charge is 2.07. The summed E-state index contributed by atoms with van der Waals surface area (Å²) in [5.41, 5.74) is 1.36. The average molecular weight is 378 g/mol. The molecule has 0 amide bonds. The molecule has 116 valence electrons. The van der Waals surface area contributed by atoms with E-state index < -0.39 is 0 Å². The summed E-state index contributed by atoms with van der Waals surface area (Å²) in [6.45, 7) is 2.34. The molecule has 0 fully saturated rings. The molecule has 0 heterocycles. The lowest BCUT2D eigenvalue weighted by molar-refractivity contribution is 0.160. The van der Waals surface area contributed by atoms with Crippen LogP contribution in [0.15, 0.2) is 41.4 Å². The molecule has 0 aliphatic heterocycles. The lowest BCUT2D eigenvalue weighted by Gasteiger charge is -2.18. The second kappa shape index (κ2) is 8.04. The third-order valence-corrected chi connectivity index (χ3v) is 4.12. The summed E-state index contributed by atoms with van der Waals surface area (Å²) in [5, 5.41) is 3.33. The zero-order chi connectivity index (χ0) is 16.1. The van der Waals surface area contributed by atoms with Crippen LogP contribution in [0.2, 0.25) is 20.1 Å². The predicted octanol–water partition coefficient (Wildman–Crippen LogP) is 6.42. The van der Waals surface area contributed by atoms with Crippen molar-refractivity contribution in [1.29, 1.82) is 0 Å². The van der Waals surface area contributed by atoms with Crippen molar-refractivity contribution in [3.05, 3.63) is 56.5 Å². The van der Waals surface area contributed by atoms with Gasteiger partial charge in [-0.3, -0.25) is 4.84 Å². The van der Waals surface area contributed by atoms with Gasteiger partial charge in [-0.1, -0.05) is 46.4 Å². The predicted molar refractivity (Wildman–Crippen MR) is 95.2 cm³/mol. The van der Waals surface area contributed by atoms with Crippen molar-refractivity contribution in [2.75, 3.05) is 11.7 Å². The van der Waals surface area contributed by atoms with Gasteiger partial charge in [0.2, 0.25) is 0 Å². The Morgan fingerprint density at radius 3 is 2.18 bits per heavy atom. The number of benzene rings is 2. The molecule has 0 spiro atoms. The Morgan fingerprint density at radius 1 is 0.955 bits per heavy atom. The molecule has 0 saturated heterocycles. The van der Waals surface area contributed by atoms with Gasteiger partial charge in [0, 0.05) is 0 Å². The first-order valence-electron chi connectivity index (χ1n) is 6.37. The summed E-state index contributed by atoms with van der Waals surface area (Å²) in [4.78, 5) is 9.83. The lowest BCUT2D eigenvalue weighted by Crippen LogP contribution is -2.21. The third kappa shape index (κ3) is 4.51. The average Bonchev–Trinajstić information content (AvgIpc) is 2.50. The van der Waals surface area contributed by atoms with E-state index in [2.05, 4.69) is 4.99 Å². The standard InChI is InChI=1S/C15H12Cl4N2O/c1-2-22-21(11-4-6-13(17)15(19)8-11)9-20-10-3-5-12(16)14(18)7-10/h3-9H,2H2,1H3. The molecule has 0 saturated carbocycles. The monoisotopic (exact) mass is 376 g/mol. The van der Waals surface area contributed by atoms with Crippen LogP contribution in [0.3, 0.4) is 0 Å². The van der Waals surface area contributed by atoms with Crippen LogP contribution in [0.5, 0.6) is 0 Å². The number of hydroxylamine groups is 1. The summed E-state index contributed by atoms with van der Waals surface area (Å²) >= 11 is 23.8. The number of anilines is 1. The maximum atomic E-state index is 6.02. The van der Waals surface area contributed by atoms with Crippen LogP contribution in [-0.4, -0.2) is 12.9 Å². The van der Waals surface area contributed by atoms with Gasteiger partial charge in [-0.25, -0.2) is 10.1 Å². The minimum atomic E-state index is 0.437. The van der Waals surface area contributed by atoms with E-state index in [4.69, 9.17) is 51.2 Å². The van der Waals surface area contributed by atoms with Crippen molar-refractivity contribution in [1.82, 2.24) is 0 Å². The molecule has 0 aliphatic rings. The van der Waals surface area contributed by atoms with Gasteiger partial charge in [-0.15, -0.1) is 0 Å². The summed E-state index contributed by atoms with van der Waals surface area (Å²) in [5.74, 6) is 0. The van der Waals surface area contributed by atoms with Crippen LogP contribution >= 0.6 is 46.4 Å². The van der Waals surface area contributed by atoms with E-state index in [1.807, 2.05) is 6.92 Å². The Hall–Kier alpha value is -0.970. The van der Waals surface area contributed by atoms with Crippen LogP contribution in [0.1, 0.15) is 6.92 Å². The molecule has 7 heteroatoms. The van der Waals surface area contributed by atoms with Gasteiger partial charge < -0.3 is 0 Å². The molecule has 0 bridgehead atoms. The quantitative estimate of drug-likeness (QED) is 0.341. The molecular weight excluding hydrogens is 366 g/mol. The van der Waals surface area contributed by atoms with Gasteiger partial charge in [-0.2, -0.15) is 0 Å². The maximum absolute atomic E-state index is 6.02. The van der Waals surface area contributed by atoms with Crippen molar-refractivity contribution < 1.29 is 4.84 Å². The van der Waals surface area contributed by atoms with Crippen LogP contribution in [-0.2, 0) is 4.84 Å². The molecule has 3 nitrogen and oxygen atoms in total. The van der Waals surface area contributed by atoms with Crippen LogP contribution in [0.4, 0.5) is 11.4 Å². The van der Waals surface area contributed by atoms with Crippen LogP contribution in [0, 0.1) is 0 Å². The molecule has 2 rings (SSSR count). The second-order valence-corrected chi connectivity index (χ2v) is 5.81. The van der Waals surface area contributed by atoms with Gasteiger partial charge in [0.05, 0.1) is 38.1 Å². The first-order chi connectivity index (χ1) is 10.5. The first-order valence-corrected chi connectivity index (χ1v) is 7.89. The fourth-order valence-corrected chi connectivity index (χ4v) is 2.20. The minimum Gasteiger partial charge on any atom is -0.268 e. The van der Waals surface area contributed by atoms with Gasteiger partial charge in [-0.05, 0) is 43.3 Å². The smallest absolute Gasteiger partial charge is 0.122 e. The summed E-state index contributed by atoms with van der Waals surface area (Å²) < 4.78 is 0. The van der Waals surface area contributed by atoms with E-state index in [1.165, 1.54) is 11.4 Å². The molecule has 0 N–H and O–H groups in total. The molecule has 2 aromatic rings. The Kier molecular flexibility index (Phi) is 6.36. The van der Waals surface area contributed by atoms with Gasteiger partial charge >= 0.3 is 0 Å². The molecular formula is C15H12Cl4N2O. The first kappa shape index (κ1) is 17.4. The Labute approximate surface area is 149 Å².